The van der Waals surface area contributed by atoms with Gasteiger partial charge in [0, 0.05) is 44.8 Å². The van der Waals surface area contributed by atoms with Crippen LogP contribution in [0.25, 0.3) is 0 Å². The first-order valence-electron chi connectivity index (χ1n) is 9.25. The topological polar surface area (TPSA) is 65.4 Å². The average molecular weight is 350 g/mol. The number of β-amino-alcohol motifs (C(OH)–C–C–N with tert-alkyl or cyclic N) is 1. The number of hydrogen-bond acceptors (Lipinski definition) is 6. The molecule has 2 aliphatic rings. The minimum absolute atomic E-state index is 0.177. The minimum Gasteiger partial charge on any atom is -0.493 e. The molecular weight excluding hydrogens is 320 g/mol. The highest BCUT2D eigenvalue weighted by Gasteiger charge is 2.35. The van der Waals surface area contributed by atoms with Crippen molar-refractivity contribution in [3.05, 3.63) is 29.8 Å². The zero-order valence-electron chi connectivity index (χ0n) is 14.9. The van der Waals surface area contributed by atoms with Crippen molar-refractivity contribution in [3.8, 4) is 5.75 Å². The Bertz CT molecular complexity index is 536. The van der Waals surface area contributed by atoms with E-state index >= 15 is 0 Å². The molecule has 1 unspecified atom stereocenters. The molecular formula is C19H30N2O4. The summed E-state index contributed by atoms with van der Waals surface area (Å²) in [5.41, 5.74) is 0.185. The molecule has 0 amide bonds. The Balaban J connectivity index is 1.46. The first-order chi connectivity index (χ1) is 12.2. The molecule has 1 aromatic carbocycles. The van der Waals surface area contributed by atoms with E-state index in [1.807, 2.05) is 18.2 Å². The molecule has 0 bridgehead atoms. The van der Waals surface area contributed by atoms with Gasteiger partial charge in [-0.2, -0.15) is 0 Å². The molecule has 2 fully saturated rings. The van der Waals surface area contributed by atoms with E-state index < -0.39 is 5.60 Å². The molecule has 0 spiro atoms. The second-order valence-electron chi connectivity index (χ2n) is 7.11. The highest BCUT2D eigenvalue weighted by Crippen LogP contribution is 2.26. The van der Waals surface area contributed by atoms with E-state index in [4.69, 9.17) is 9.47 Å². The van der Waals surface area contributed by atoms with Crippen molar-refractivity contribution in [1.29, 1.82) is 0 Å². The SMILES string of the molecule is OCC1(O)CCN(Cc2ccccc2OCCCN2CCOCC2)C1. The number of para-hydroxylation sites is 1. The largest absolute Gasteiger partial charge is 0.493 e. The molecule has 2 aliphatic heterocycles. The monoisotopic (exact) mass is 350 g/mol. The summed E-state index contributed by atoms with van der Waals surface area (Å²) in [4.78, 5) is 4.59. The number of aliphatic hydroxyl groups is 2. The molecule has 25 heavy (non-hydrogen) atoms. The number of rotatable bonds is 8. The van der Waals surface area contributed by atoms with E-state index in [0.29, 0.717) is 19.6 Å². The molecule has 0 aromatic heterocycles. The highest BCUT2D eigenvalue weighted by atomic mass is 16.5. The third kappa shape index (κ3) is 5.39. The molecule has 1 aromatic rings. The van der Waals surface area contributed by atoms with E-state index in [-0.39, 0.29) is 6.61 Å². The van der Waals surface area contributed by atoms with Crippen molar-refractivity contribution < 1.29 is 19.7 Å². The maximum Gasteiger partial charge on any atom is 0.123 e. The van der Waals surface area contributed by atoms with Crippen LogP contribution in [0, 0.1) is 0 Å². The van der Waals surface area contributed by atoms with Crippen LogP contribution in [0.5, 0.6) is 5.75 Å². The molecule has 6 heteroatoms. The van der Waals surface area contributed by atoms with Crippen LogP contribution in [-0.4, -0.2) is 84.8 Å². The van der Waals surface area contributed by atoms with Gasteiger partial charge < -0.3 is 19.7 Å². The van der Waals surface area contributed by atoms with Crippen LogP contribution in [0.4, 0.5) is 0 Å². The van der Waals surface area contributed by atoms with Gasteiger partial charge >= 0.3 is 0 Å². The van der Waals surface area contributed by atoms with Crippen molar-refractivity contribution >= 4 is 0 Å². The minimum atomic E-state index is -0.950. The summed E-state index contributed by atoms with van der Waals surface area (Å²) < 4.78 is 11.4. The predicted molar refractivity (Wildman–Crippen MR) is 95.7 cm³/mol. The Morgan fingerprint density at radius 1 is 1.12 bits per heavy atom. The van der Waals surface area contributed by atoms with E-state index in [9.17, 15) is 10.2 Å². The van der Waals surface area contributed by atoms with Gasteiger partial charge in [-0.3, -0.25) is 9.80 Å². The number of ether oxygens (including phenoxy) is 2. The maximum atomic E-state index is 10.2. The van der Waals surface area contributed by atoms with Crippen molar-refractivity contribution in [2.75, 3.05) is 59.2 Å². The average Bonchev–Trinajstić information content (AvgIpc) is 3.02. The summed E-state index contributed by atoms with van der Waals surface area (Å²) in [6.45, 7) is 7.30. The molecule has 1 atom stereocenters. The third-order valence-electron chi connectivity index (χ3n) is 5.05. The van der Waals surface area contributed by atoms with Gasteiger partial charge in [0.05, 0.1) is 26.4 Å². The van der Waals surface area contributed by atoms with Crippen LogP contribution >= 0.6 is 0 Å². The number of likely N-dealkylation sites (tertiary alicyclic amines) is 1. The zero-order chi connectivity index (χ0) is 17.5. The molecule has 0 saturated carbocycles. The summed E-state index contributed by atoms with van der Waals surface area (Å²) in [5.74, 6) is 0.920. The number of benzene rings is 1. The van der Waals surface area contributed by atoms with E-state index in [1.165, 1.54) is 0 Å². The molecule has 0 radical (unpaired) electrons. The van der Waals surface area contributed by atoms with Gasteiger partial charge in [-0.25, -0.2) is 0 Å². The fraction of sp³-hybridized carbons (Fsp3) is 0.684. The Morgan fingerprint density at radius 3 is 2.68 bits per heavy atom. The Labute approximate surface area is 149 Å². The van der Waals surface area contributed by atoms with Crippen LogP contribution < -0.4 is 4.74 Å². The zero-order valence-corrected chi connectivity index (χ0v) is 14.9. The molecule has 0 aliphatic carbocycles. The van der Waals surface area contributed by atoms with Crippen LogP contribution in [0.15, 0.2) is 24.3 Å². The molecule has 2 saturated heterocycles. The van der Waals surface area contributed by atoms with Crippen LogP contribution in [-0.2, 0) is 11.3 Å². The molecule has 2 heterocycles. The van der Waals surface area contributed by atoms with Gasteiger partial charge in [-0.1, -0.05) is 18.2 Å². The number of nitrogens with zero attached hydrogens (tertiary/aromatic N) is 2. The number of hydrogen-bond donors (Lipinski definition) is 2. The molecule has 6 nitrogen and oxygen atoms in total. The third-order valence-corrected chi connectivity index (χ3v) is 5.05. The van der Waals surface area contributed by atoms with Gasteiger partial charge in [0.15, 0.2) is 0 Å². The van der Waals surface area contributed by atoms with Gasteiger partial charge in [0.25, 0.3) is 0 Å². The number of aliphatic hydroxyl groups excluding tert-OH is 1. The van der Waals surface area contributed by atoms with E-state index in [2.05, 4.69) is 15.9 Å². The van der Waals surface area contributed by atoms with E-state index in [0.717, 1.165) is 63.7 Å². The number of morpholine rings is 1. The lowest BCUT2D eigenvalue weighted by atomic mass is 10.1. The van der Waals surface area contributed by atoms with Crippen molar-refractivity contribution in [1.82, 2.24) is 9.80 Å². The summed E-state index contributed by atoms with van der Waals surface area (Å²) in [6, 6.07) is 8.10. The fourth-order valence-electron chi connectivity index (χ4n) is 3.52. The van der Waals surface area contributed by atoms with E-state index in [1.54, 1.807) is 0 Å². The highest BCUT2D eigenvalue weighted by molar-refractivity contribution is 5.33. The van der Waals surface area contributed by atoms with Crippen LogP contribution in [0.1, 0.15) is 18.4 Å². The Hall–Kier alpha value is -1.18. The maximum absolute atomic E-state index is 10.2. The van der Waals surface area contributed by atoms with Gasteiger partial charge in [-0.15, -0.1) is 0 Å². The quantitative estimate of drug-likeness (QED) is 0.674. The summed E-state index contributed by atoms with van der Waals surface area (Å²) in [7, 11) is 0. The van der Waals surface area contributed by atoms with Crippen molar-refractivity contribution in [2.24, 2.45) is 0 Å². The standard InChI is InChI=1S/C19H30N2O4/c22-16-19(23)6-8-21(15-19)14-17-4-1-2-5-18(17)25-11-3-7-20-9-12-24-13-10-20/h1-2,4-5,22-23H,3,6-16H2. The first-order valence-corrected chi connectivity index (χ1v) is 9.25. The lowest BCUT2D eigenvalue weighted by molar-refractivity contribution is -0.00585. The normalized spacial score (nSPS) is 25.4. The van der Waals surface area contributed by atoms with Gasteiger partial charge in [-0.05, 0) is 18.9 Å². The second-order valence-corrected chi connectivity index (χ2v) is 7.11. The Kier molecular flexibility index (Phi) is 6.67. The molecule has 3 rings (SSSR count). The molecule has 2 N–H and O–H groups in total. The second kappa shape index (κ2) is 8.96. The van der Waals surface area contributed by atoms with Gasteiger partial charge in [0.1, 0.15) is 11.4 Å². The van der Waals surface area contributed by atoms with Crippen molar-refractivity contribution in [2.45, 2.75) is 25.0 Å². The summed E-state index contributed by atoms with van der Waals surface area (Å²) >= 11 is 0. The van der Waals surface area contributed by atoms with Crippen LogP contribution in [0.2, 0.25) is 0 Å². The predicted octanol–water partition coefficient (Wildman–Crippen LogP) is 0.717. The lowest BCUT2D eigenvalue weighted by Gasteiger charge is -2.26. The van der Waals surface area contributed by atoms with Crippen LogP contribution in [0.3, 0.4) is 0 Å². The smallest absolute Gasteiger partial charge is 0.123 e. The summed E-state index contributed by atoms with van der Waals surface area (Å²) in [6.07, 6.45) is 1.62. The van der Waals surface area contributed by atoms with Gasteiger partial charge in [0.2, 0.25) is 0 Å². The summed E-state index contributed by atoms with van der Waals surface area (Å²) in [5, 5.41) is 19.5. The molecule has 140 valence electrons. The lowest BCUT2D eigenvalue weighted by Crippen LogP contribution is -2.37. The van der Waals surface area contributed by atoms with Crippen molar-refractivity contribution in [3.63, 3.8) is 0 Å². The first kappa shape index (κ1) is 18.6. The fourth-order valence-corrected chi connectivity index (χ4v) is 3.52. The Morgan fingerprint density at radius 2 is 1.92 bits per heavy atom.